The topological polar surface area (TPSA) is 246 Å². The maximum absolute atomic E-state index is 12.5. The number of nitrogens with one attached hydrogen (secondary N) is 6. The van der Waals surface area contributed by atoms with Gasteiger partial charge >= 0.3 is 5.97 Å². The van der Waals surface area contributed by atoms with Crippen LogP contribution in [0, 0.1) is 0 Å². The highest BCUT2D eigenvalue weighted by molar-refractivity contribution is 5.94. The van der Waals surface area contributed by atoms with Crippen LogP contribution in [0.1, 0.15) is 61.0 Å². The highest BCUT2D eigenvalue weighted by Gasteiger charge is 2.21. The summed E-state index contributed by atoms with van der Waals surface area (Å²) in [6, 6.07) is 5.51. The number of carboxylic acids is 1. The summed E-state index contributed by atoms with van der Waals surface area (Å²) < 4.78 is 0. The van der Waals surface area contributed by atoms with Gasteiger partial charge in [-0.3, -0.25) is 24.2 Å². The van der Waals surface area contributed by atoms with E-state index in [9.17, 15) is 29.1 Å². The van der Waals surface area contributed by atoms with Crippen molar-refractivity contribution in [3.8, 4) is 0 Å². The van der Waals surface area contributed by atoms with Crippen molar-refractivity contribution in [3.63, 3.8) is 0 Å². The Bertz CT molecular complexity index is 1510. The second-order valence-corrected chi connectivity index (χ2v) is 10.3. The predicted octanol–water partition coefficient (Wildman–Crippen LogP) is 0.273. The summed E-state index contributed by atoms with van der Waals surface area (Å²) >= 11 is 0. The van der Waals surface area contributed by atoms with Crippen LogP contribution in [0.3, 0.4) is 0 Å². The number of fused-ring (bicyclic) bond motifs is 1. The van der Waals surface area contributed by atoms with Gasteiger partial charge in [-0.05, 0) is 63.5 Å². The lowest BCUT2D eigenvalue weighted by Crippen LogP contribution is -2.41. The van der Waals surface area contributed by atoms with Crippen LogP contribution in [0.25, 0.3) is 11.2 Å². The normalized spacial score (nSPS) is 11.5. The molecule has 3 rings (SSSR count). The molecule has 0 radical (unpaired) electrons. The minimum absolute atomic E-state index is 0.00949. The molecule has 9 N–H and O–H groups in total. The molecule has 45 heavy (non-hydrogen) atoms. The number of benzene rings is 1. The molecule has 3 amide bonds. The van der Waals surface area contributed by atoms with Crippen LogP contribution in [0.5, 0.6) is 0 Å². The van der Waals surface area contributed by atoms with Gasteiger partial charge in [-0.2, -0.15) is 4.98 Å². The number of anilines is 2. The Morgan fingerprint density at radius 3 is 2.40 bits per heavy atom. The summed E-state index contributed by atoms with van der Waals surface area (Å²) in [6.45, 7) is 1.93. The molecule has 1 atom stereocenters. The molecule has 1 aromatic carbocycles. The largest absolute Gasteiger partial charge is 0.480 e. The van der Waals surface area contributed by atoms with E-state index in [0.717, 1.165) is 25.8 Å². The fraction of sp³-hybridized carbons (Fsp3) is 0.448. The van der Waals surface area contributed by atoms with Crippen LogP contribution in [0.2, 0.25) is 0 Å². The Morgan fingerprint density at radius 2 is 1.67 bits per heavy atom. The van der Waals surface area contributed by atoms with Crippen LogP contribution < -0.4 is 37.9 Å². The first-order valence-corrected chi connectivity index (χ1v) is 14.7. The van der Waals surface area contributed by atoms with Crippen molar-refractivity contribution in [2.45, 2.75) is 57.5 Å². The van der Waals surface area contributed by atoms with Gasteiger partial charge in [0.2, 0.25) is 17.8 Å². The van der Waals surface area contributed by atoms with Gasteiger partial charge in [0.1, 0.15) is 6.04 Å². The number of aromatic nitrogens is 4. The Balaban J connectivity index is 1.34. The van der Waals surface area contributed by atoms with Crippen molar-refractivity contribution < 1.29 is 24.3 Å². The van der Waals surface area contributed by atoms with E-state index < -0.39 is 23.5 Å². The second-order valence-electron chi connectivity index (χ2n) is 10.3. The molecule has 3 aromatic rings. The fourth-order valence-corrected chi connectivity index (χ4v) is 4.26. The summed E-state index contributed by atoms with van der Waals surface area (Å²) in [5.41, 5.74) is 6.90. The number of unbranched alkanes of at least 4 members (excludes halogenated alkanes) is 2. The summed E-state index contributed by atoms with van der Waals surface area (Å²) in [6.07, 6.45) is 4.61. The van der Waals surface area contributed by atoms with Gasteiger partial charge < -0.3 is 37.4 Å². The zero-order valence-electron chi connectivity index (χ0n) is 25.1. The molecule has 0 fully saturated rings. The molecule has 0 saturated carbocycles. The van der Waals surface area contributed by atoms with Crippen LogP contribution >= 0.6 is 0 Å². The van der Waals surface area contributed by atoms with Gasteiger partial charge in [0.15, 0.2) is 11.2 Å². The van der Waals surface area contributed by atoms with E-state index in [2.05, 4.69) is 46.5 Å². The number of nitrogen functional groups attached to an aromatic ring is 1. The molecule has 16 heteroatoms. The minimum atomic E-state index is -1.21. The highest BCUT2D eigenvalue weighted by Crippen LogP contribution is 2.12. The van der Waals surface area contributed by atoms with E-state index in [1.165, 1.54) is 6.20 Å². The Kier molecular flexibility index (Phi) is 13.6. The van der Waals surface area contributed by atoms with E-state index in [1.807, 2.05) is 7.05 Å². The van der Waals surface area contributed by atoms with Crippen molar-refractivity contribution in [1.29, 1.82) is 0 Å². The van der Waals surface area contributed by atoms with E-state index >= 15 is 0 Å². The zero-order valence-corrected chi connectivity index (χ0v) is 25.1. The molecule has 0 aliphatic heterocycles. The van der Waals surface area contributed by atoms with Crippen LogP contribution in [0.15, 0.2) is 35.3 Å². The van der Waals surface area contributed by atoms with Crippen molar-refractivity contribution >= 4 is 46.5 Å². The molecule has 0 aliphatic carbocycles. The third-order valence-electron chi connectivity index (χ3n) is 6.69. The smallest absolute Gasteiger partial charge is 0.326 e. The first kappa shape index (κ1) is 34.4. The zero-order chi connectivity index (χ0) is 32.6. The number of nitrogens with zero attached hydrogens (tertiary/aromatic N) is 3. The minimum Gasteiger partial charge on any atom is -0.480 e. The van der Waals surface area contributed by atoms with Crippen molar-refractivity contribution in [3.05, 3.63) is 52.1 Å². The Hall–Kier alpha value is -5.12. The van der Waals surface area contributed by atoms with E-state index in [1.54, 1.807) is 24.3 Å². The average molecular weight is 625 g/mol. The number of aliphatic carboxylic acids is 1. The molecular weight excluding hydrogens is 584 g/mol. The van der Waals surface area contributed by atoms with E-state index in [-0.39, 0.29) is 61.3 Å². The SMILES string of the molecule is CNCCCCCNC(=O)CCC(NC(=O)CCCNC(=O)c1ccc(NCc2cnc3nc(N)[nH]c(=O)c3n2)cc1)C(=O)O. The maximum atomic E-state index is 12.5. The molecule has 1 unspecified atom stereocenters. The first-order valence-electron chi connectivity index (χ1n) is 14.7. The molecule has 242 valence electrons. The Morgan fingerprint density at radius 1 is 0.933 bits per heavy atom. The number of hydrogen-bond donors (Lipinski definition) is 8. The molecule has 0 bridgehead atoms. The lowest BCUT2D eigenvalue weighted by atomic mass is 10.1. The molecule has 0 aliphatic rings. The molecule has 0 spiro atoms. The van der Waals surface area contributed by atoms with Crippen molar-refractivity contribution in [1.82, 2.24) is 41.2 Å². The number of rotatable bonds is 19. The molecule has 0 saturated heterocycles. The highest BCUT2D eigenvalue weighted by atomic mass is 16.4. The summed E-state index contributed by atoms with van der Waals surface area (Å²) in [5, 5.41) is 23.6. The average Bonchev–Trinajstić information content (AvgIpc) is 3.02. The number of nitrogens with two attached hydrogens (primary N) is 1. The van der Waals surface area contributed by atoms with Crippen molar-refractivity contribution in [2.75, 3.05) is 37.7 Å². The van der Waals surface area contributed by atoms with Gasteiger partial charge in [0, 0.05) is 37.2 Å². The number of amides is 3. The monoisotopic (exact) mass is 624 g/mol. The summed E-state index contributed by atoms with van der Waals surface area (Å²) in [5.74, 6) is -2.31. The van der Waals surface area contributed by atoms with Gasteiger partial charge in [-0.15, -0.1) is 0 Å². The van der Waals surface area contributed by atoms with E-state index in [0.29, 0.717) is 29.9 Å². The maximum Gasteiger partial charge on any atom is 0.326 e. The standard InChI is InChI=1S/C29H40N10O6/c1-31-13-3-2-4-14-32-22(40)12-11-21(28(44)45)37-23(41)6-5-15-33-26(42)18-7-9-19(10-8-18)34-16-20-17-35-25-24(36-20)27(43)39-29(30)38-25/h7-10,17,21,31,34H,2-6,11-16H2,1H3,(H,32,40)(H,33,42)(H,37,41)(H,44,45)(H3,30,35,38,39,43). The van der Waals surface area contributed by atoms with Crippen LogP contribution in [-0.2, 0) is 20.9 Å². The van der Waals surface area contributed by atoms with Crippen molar-refractivity contribution in [2.24, 2.45) is 0 Å². The molecule has 2 heterocycles. The summed E-state index contributed by atoms with van der Waals surface area (Å²) in [7, 11) is 1.88. The summed E-state index contributed by atoms with van der Waals surface area (Å²) in [4.78, 5) is 75.1. The van der Waals surface area contributed by atoms with Gasteiger partial charge in [0.05, 0.1) is 18.4 Å². The number of hydrogen-bond acceptors (Lipinski definition) is 11. The van der Waals surface area contributed by atoms with Crippen LogP contribution in [-0.4, -0.2) is 81.5 Å². The van der Waals surface area contributed by atoms with Gasteiger partial charge in [-0.1, -0.05) is 6.42 Å². The third kappa shape index (κ3) is 11.8. The molecular formula is C29H40N10O6. The third-order valence-corrected chi connectivity index (χ3v) is 6.69. The Labute approximate surface area is 259 Å². The number of carbonyl (C=O) groups excluding carboxylic acids is 3. The molecule has 16 nitrogen and oxygen atoms in total. The number of carbonyl (C=O) groups is 4. The lowest BCUT2D eigenvalue weighted by molar-refractivity contribution is -0.142. The number of H-pyrrole nitrogens is 1. The fourth-order valence-electron chi connectivity index (χ4n) is 4.26. The second kappa shape index (κ2) is 17.9. The van der Waals surface area contributed by atoms with E-state index in [4.69, 9.17) is 5.73 Å². The number of aromatic amines is 1. The molecule has 2 aromatic heterocycles. The number of carboxylic acid groups (broad SMARTS) is 1. The lowest BCUT2D eigenvalue weighted by Gasteiger charge is -2.14. The van der Waals surface area contributed by atoms with Crippen LogP contribution in [0.4, 0.5) is 11.6 Å². The quantitative estimate of drug-likeness (QED) is 0.0838. The predicted molar refractivity (Wildman–Crippen MR) is 167 cm³/mol. The first-order chi connectivity index (χ1) is 21.7. The van der Waals surface area contributed by atoms with Gasteiger partial charge in [-0.25, -0.2) is 14.8 Å². The van der Waals surface area contributed by atoms with Gasteiger partial charge in [0.25, 0.3) is 11.5 Å².